The van der Waals surface area contributed by atoms with Crippen molar-refractivity contribution in [2.24, 2.45) is 0 Å². The topological polar surface area (TPSA) is 57.4 Å². The number of nitrogens with zero attached hydrogens (tertiary/aromatic N) is 2. The van der Waals surface area contributed by atoms with Crippen LogP contribution in [-0.4, -0.2) is 19.9 Å². The van der Waals surface area contributed by atoms with Gasteiger partial charge in [0.25, 0.3) is 0 Å². The van der Waals surface area contributed by atoms with Crippen LogP contribution < -0.4 is 0 Å². The van der Waals surface area contributed by atoms with Crippen molar-refractivity contribution >= 4 is 33.2 Å². The van der Waals surface area contributed by atoms with Crippen molar-refractivity contribution in [3.8, 4) is 22.5 Å². The van der Waals surface area contributed by atoms with Gasteiger partial charge in [-0.1, -0.05) is 65.8 Å². The predicted octanol–water partition coefficient (Wildman–Crippen LogP) is 9.63. The zero-order valence-electron chi connectivity index (χ0n) is 24.8. The normalized spacial score (nSPS) is 12.8. The van der Waals surface area contributed by atoms with Crippen LogP contribution in [0.2, 0.25) is 0 Å². The molecule has 8 bridgehead atoms. The second-order valence-corrected chi connectivity index (χ2v) is 10.8. The van der Waals surface area contributed by atoms with Gasteiger partial charge in [-0.25, -0.2) is 9.97 Å². The second kappa shape index (κ2) is 10.6. The zero-order valence-corrected chi connectivity index (χ0v) is 24.8. The first-order valence-corrected chi connectivity index (χ1v) is 15.1. The summed E-state index contributed by atoms with van der Waals surface area (Å²) < 4.78 is 0. The minimum absolute atomic E-state index is 0.947. The van der Waals surface area contributed by atoms with Crippen molar-refractivity contribution in [3.05, 3.63) is 82.2 Å². The summed E-state index contributed by atoms with van der Waals surface area (Å²) in [6.07, 6.45) is 5.83. The second-order valence-electron chi connectivity index (χ2n) is 10.8. The molecule has 0 radical (unpaired) electrons. The Balaban J connectivity index is 1.83. The quantitative estimate of drug-likeness (QED) is 0.230. The largest absolute Gasteiger partial charge is 0.355 e. The fourth-order valence-electron chi connectivity index (χ4n) is 6.90. The number of benzene rings is 1. The van der Waals surface area contributed by atoms with Crippen LogP contribution in [0.4, 0.5) is 0 Å². The Morgan fingerprint density at radius 2 is 0.825 bits per heavy atom. The van der Waals surface area contributed by atoms with E-state index in [2.05, 4.69) is 100 Å². The number of aromatic amines is 2. The number of fused-ring (bicyclic) bond motifs is 11. The van der Waals surface area contributed by atoms with E-state index in [-0.39, 0.29) is 0 Å². The van der Waals surface area contributed by atoms with E-state index in [4.69, 9.17) is 9.97 Å². The van der Waals surface area contributed by atoms with Gasteiger partial charge in [0.2, 0.25) is 0 Å². The summed E-state index contributed by atoms with van der Waals surface area (Å²) in [7, 11) is 0. The monoisotopic (exact) mass is 528 g/mol. The van der Waals surface area contributed by atoms with Crippen molar-refractivity contribution in [1.29, 1.82) is 0 Å². The van der Waals surface area contributed by atoms with Crippen LogP contribution in [0.25, 0.3) is 55.7 Å². The molecule has 3 aromatic heterocycles. The van der Waals surface area contributed by atoms with Gasteiger partial charge in [0.05, 0.1) is 22.8 Å². The van der Waals surface area contributed by atoms with Crippen molar-refractivity contribution in [2.75, 3.05) is 0 Å². The maximum atomic E-state index is 5.25. The molecule has 4 aromatic rings. The molecule has 5 heterocycles. The first-order chi connectivity index (χ1) is 19.5. The molecule has 40 heavy (non-hydrogen) atoms. The lowest BCUT2D eigenvalue weighted by Gasteiger charge is -2.03. The number of rotatable bonds is 6. The van der Waals surface area contributed by atoms with E-state index in [0.29, 0.717) is 0 Å². The molecule has 4 nitrogen and oxygen atoms in total. The molecule has 0 saturated carbocycles. The van der Waals surface area contributed by atoms with Gasteiger partial charge in [-0.15, -0.1) is 0 Å². The van der Waals surface area contributed by atoms with E-state index < -0.39 is 0 Å². The zero-order chi connectivity index (χ0) is 28.0. The molecule has 0 aliphatic carbocycles. The van der Waals surface area contributed by atoms with E-state index in [0.717, 1.165) is 66.8 Å². The summed E-state index contributed by atoms with van der Waals surface area (Å²) in [5.74, 6) is 0. The van der Waals surface area contributed by atoms with Crippen LogP contribution in [0.15, 0.2) is 48.5 Å². The molecule has 0 amide bonds. The maximum absolute atomic E-state index is 5.25. The highest BCUT2D eigenvalue weighted by molar-refractivity contribution is 5.95. The Morgan fingerprint density at radius 1 is 0.450 bits per heavy atom. The molecule has 0 saturated heterocycles. The SMILES string of the molecule is CCC1=C(CC)c2cc3[nH]c(cc4[nH]c(cc5nc(cc1n2)-c1ccccc1-5)c(CC)c4CC)c(CC)c3CC. The highest BCUT2D eigenvalue weighted by atomic mass is 14.8. The number of H-pyrrole nitrogens is 2. The Labute approximate surface area is 237 Å². The van der Waals surface area contributed by atoms with Crippen LogP contribution in [0, 0.1) is 0 Å². The van der Waals surface area contributed by atoms with Gasteiger partial charge >= 0.3 is 0 Å². The highest BCUT2D eigenvalue weighted by Gasteiger charge is 2.22. The molecule has 0 fully saturated rings. The van der Waals surface area contributed by atoms with Crippen molar-refractivity contribution < 1.29 is 0 Å². The van der Waals surface area contributed by atoms with E-state index in [9.17, 15) is 0 Å². The molecule has 6 rings (SSSR count). The van der Waals surface area contributed by atoms with Gasteiger partial charge in [0, 0.05) is 33.2 Å². The van der Waals surface area contributed by atoms with E-state index in [1.54, 1.807) is 0 Å². The van der Waals surface area contributed by atoms with Gasteiger partial charge in [-0.05, 0) is 96.2 Å². The summed E-state index contributed by atoms with van der Waals surface area (Å²) in [6.45, 7) is 13.5. The van der Waals surface area contributed by atoms with Crippen LogP contribution in [-0.2, 0) is 25.7 Å². The standard InChI is InChI=1S/C36H40N4/c1-7-21-22(8-2)30-18-32-24(10-4)26(12-6)34(39-32)20-36-28-16-14-13-15-27(28)35(40-36)19-33-25(11-5)23(9-3)31(38-33)17-29(21)37-30/h13-20,37-38H,7-12H2,1-6H3. The fraction of sp³-hybridized carbons (Fsp3) is 0.333. The molecule has 4 heteroatoms. The van der Waals surface area contributed by atoms with Crippen LogP contribution in [0.5, 0.6) is 0 Å². The molecular weight excluding hydrogens is 488 g/mol. The first-order valence-electron chi connectivity index (χ1n) is 15.1. The van der Waals surface area contributed by atoms with Crippen LogP contribution >= 0.6 is 0 Å². The summed E-state index contributed by atoms with van der Waals surface area (Å²) in [6, 6.07) is 17.7. The minimum atomic E-state index is 0.947. The number of aryl methyl sites for hydroxylation is 4. The summed E-state index contributed by atoms with van der Waals surface area (Å²) in [5, 5.41) is 0. The molecule has 0 spiro atoms. The predicted molar refractivity (Wildman–Crippen MR) is 170 cm³/mol. The molecule has 2 aliphatic rings. The first kappa shape index (κ1) is 26.3. The van der Waals surface area contributed by atoms with Gasteiger partial charge in [0.1, 0.15) is 0 Å². The lowest BCUT2D eigenvalue weighted by Crippen LogP contribution is -1.87. The lowest BCUT2D eigenvalue weighted by atomic mass is 9.99. The maximum Gasteiger partial charge on any atom is 0.0737 e. The number of hydrogen-bond donors (Lipinski definition) is 2. The van der Waals surface area contributed by atoms with Gasteiger partial charge in [-0.3, -0.25) is 0 Å². The van der Waals surface area contributed by atoms with E-state index in [1.807, 2.05) is 0 Å². The smallest absolute Gasteiger partial charge is 0.0737 e. The molecule has 0 unspecified atom stereocenters. The third-order valence-corrected chi connectivity index (χ3v) is 8.76. The summed E-state index contributed by atoms with van der Waals surface area (Å²) in [4.78, 5) is 18.1. The Hall–Kier alpha value is -3.92. The van der Waals surface area contributed by atoms with Crippen molar-refractivity contribution in [1.82, 2.24) is 19.9 Å². The van der Waals surface area contributed by atoms with Gasteiger partial charge < -0.3 is 9.97 Å². The Kier molecular flexibility index (Phi) is 6.95. The van der Waals surface area contributed by atoms with Gasteiger partial charge in [0.15, 0.2) is 0 Å². The molecular formula is C36H40N4. The third kappa shape index (κ3) is 4.13. The molecule has 0 atom stereocenters. The average Bonchev–Trinajstić information content (AvgIpc) is 3.69. The third-order valence-electron chi connectivity index (χ3n) is 8.76. The molecule has 2 aliphatic heterocycles. The van der Waals surface area contributed by atoms with Crippen LogP contribution in [0.1, 0.15) is 88.0 Å². The summed E-state index contributed by atoms with van der Waals surface area (Å²) >= 11 is 0. The Morgan fingerprint density at radius 3 is 1.27 bits per heavy atom. The van der Waals surface area contributed by atoms with E-state index >= 15 is 0 Å². The molecule has 204 valence electrons. The number of allylic oxidation sites excluding steroid dienone is 2. The number of aromatic nitrogens is 4. The van der Waals surface area contributed by atoms with E-state index in [1.165, 1.54) is 61.1 Å². The summed E-state index contributed by atoms with van der Waals surface area (Å²) in [5.41, 5.74) is 19.5. The number of hydrogen-bond acceptors (Lipinski definition) is 2. The lowest BCUT2D eigenvalue weighted by molar-refractivity contribution is 1.07. The average molecular weight is 529 g/mol. The van der Waals surface area contributed by atoms with Gasteiger partial charge in [-0.2, -0.15) is 0 Å². The van der Waals surface area contributed by atoms with Crippen LogP contribution in [0.3, 0.4) is 0 Å². The Bertz CT molecular complexity index is 1810. The fourth-order valence-corrected chi connectivity index (χ4v) is 6.90. The van der Waals surface area contributed by atoms with Crippen molar-refractivity contribution in [3.63, 3.8) is 0 Å². The highest BCUT2D eigenvalue weighted by Crippen LogP contribution is 2.40. The molecule has 1 aromatic carbocycles. The minimum Gasteiger partial charge on any atom is -0.355 e. The van der Waals surface area contributed by atoms with Crippen molar-refractivity contribution in [2.45, 2.75) is 80.1 Å². The number of nitrogens with one attached hydrogen (secondary N) is 2. The molecule has 2 N–H and O–H groups in total.